The molecule has 1 saturated heterocycles. The first kappa shape index (κ1) is 15.7. The Morgan fingerprint density at radius 1 is 1.43 bits per heavy atom. The molecule has 1 aliphatic rings. The summed E-state index contributed by atoms with van der Waals surface area (Å²) in [4.78, 5) is 13.8. The van der Waals surface area contributed by atoms with Crippen LogP contribution in [0, 0.1) is 11.6 Å². The van der Waals surface area contributed by atoms with Crippen molar-refractivity contribution in [2.45, 2.75) is 25.3 Å². The Hall–Kier alpha value is -1.69. The molecule has 1 amide bonds. The topological polar surface area (TPSA) is 41.6 Å². The second-order valence-electron chi connectivity index (χ2n) is 5.19. The van der Waals surface area contributed by atoms with Crippen molar-refractivity contribution in [3.05, 3.63) is 29.8 Å². The highest BCUT2D eigenvalue weighted by molar-refractivity contribution is 5.76. The molecule has 0 radical (unpaired) electrons. The van der Waals surface area contributed by atoms with Crippen molar-refractivity contribution < 1.29 is 18.3 Å². The molecule has 0 aliphatic carbocycles. The van der Waals surface area contributed by atoms with Crippen molar-refractivity contribution in [1.82, 2.24) is 4.90 Å². The number of hydrogen-bond donors (Lipinski definition) is 1. The number of ether oxygens (including phenoxy) is 1. The number of carbonyl (C=O) groups is 1. The van der Waals surface area contributed by atoms with Gasteiger partial charge in [-0.25, -0.2) is 8.78 Å². The molecule has 1 N–H and O–H groups in total. The van der Waals surface area contributed by atoms with E-state index in [4.69, 9.17) is 4.74 Å². The van der Waals surface area contributed by atoms with Gasteiger partial charge in [0, 0.05) is 38.0 Å². The largest absolute Gasteiger partial charge is 0.384 e. The summed E-state index contributed by atoms with van der Waals surface area (Å²) < 4.78 is 31.0. The van der Waals surface area contributed by atoms with Gasteiger partial charge in [0.2, 0.25) is 5.91 Å². The number of carbonyl (C=O) groups excluding carboxylic acids is 1. The summed E-state index contributed by atoms with van der Waals surface area (Å²) in [7, 11) is 1.57. The van der Waals surface area contributed by atoms with Crippen LogP contribution in [0.3, 0.4) is 0 Å². The third-order valence-corrected chi connectivity index (χ3v) is 3.58. The fraction of sp³-hybridized carbons (Fsp3) is 0.533. The predicted molar refractivity (Wildman–Crippen MR) is 76.1 cm³/mol. The molecule has 6 heteroatoms. The molecular formula is C15H20F2N2O2. The first-order chi connectivity index (χ1) is 10.1. The van der Waals surface area contributed by atoms with E-state index in [1.165, 1.54) is 6.07 Å². The van der Waals surface area contributed by atoms with Crippen LogP contribution in [0.2, 0.25) is 0 Å². The molecule has 0 saturated carbocycles. The number of halogens is 2. The quantitative estimate of drug-likeness (QED) is 0.907. The van der Waals surface area contributed by atoms with E-state index in [-0.39, 0.29) is 11.9 Å². The van der Waals surface area contributed by atoms with Crippen LogP contribution in [0.1, 0.15) is 19.3 Å². The third-order valence-electron chi connectivity index (χ3n) is 3.58. The maximum Gasteiger partial charge on any atom is 0.224 e. The molecule has 116 valence electrons. The average molecular weight is 298 g/mol. The maximum absolute atomic E-state index is 13.2. The van der Waals surface area contributed by atoms with Crippen LogP contribution in [0.25, 0.3) is 0 Å². The van der Waals surface area contributed by atoms with Gasteiger partial charge in [0.1, 0.15) is 0 Å². The number of anilines is 1. The zero-order valence-electron chi connectivity index (χ0n) is 12.1. The molecule has 1 unspecified atom stereocenters. The van der Waals surface area contributed by atoms with Gasteiger partial charge in [0.15, 0.2) is 11.6 Å². The maximum atomic E-state index is 13.2. The molecule has 0 aromatic heterocycles. The van der Waals surface area contributed by atoms with Gasteiger partial charge in [-0.3, -0.25) is 4.79 Å². The van der Waals surface area contributed by atoms with Gasteiger partial charge in [-0.1, -0.05) is 0 Å². The summed E-state index contributed by atoms with van der Waals surface area (Å²) in [6.07, 6.45) is 2.15. The van der Waals surface area contributed by atoms with Crippen molar-refractivity contribution in [1.29, 1.82) is 0 Å². The molecule has 1 aromatic rings. The molecule has 1 atom stereocenters. The van der Waals surface area contributed by atoms with E-state index in [9.17, 15) is 13.6 Å². The first-order valence-corrected chi connectivity index (χ1v) is 7.08. The highest BCUT2D eigenvalue weighted by atomic mass is 19.2. The number of likely N-dealkylation sites (tertiary alicyclic amines) is 1. The molecule has 1 aromatic carbocycles. The van der Waals surface area contributed by atoms with Crippen LogP contribution in [-0.2, 0) is 9.53 Å². The summed E-state index contributed by atoms with van der Waals surface area (Å²) in [5, 5.41) is 3.16. The minimum Gasteiger partial charge on any atom is -0.384 e. The molecule has 1 fully saturated rings. The van der Waals surface area contributed by atoms with Gasteiger partial charge < -0.3 is 15.0 Å². The molecule has 1 heterocycles. The van der Waals surface area contributed by atoms with Crippen molar-refractivity contribution in [2.24, 2.45) is 0 Å². The molecule has 2 rings (SSSR count). The van der Waals surface area contributed by atoms with Crippen LogP contribution in [0.15, 0.2) is 18.2 Å². The summed E-state index contributed by atoms with van der Waals surface area (Å²) in [5.41, 5.74) is 0.532. The number of benzene rings is 1. The SMILES string of the molecule is COCCC(=O)N1CCCC(Nc2ccc(F)c(F)c2)C1. The molecule has 0 bridgehead atoms. The van der Waals surface area contributed by atoms with Crippen LogP contribution < -0.4 is 5.32 Å². The van der Waals surface area contributed by atoms with Crippen molar-refractivity contribution in [3.8, 4) is 0 Å². The molecule has 0 spiro atoms. The van der Waals surface area contributed by atoms with E-state index in [1.54, 1.807) is 12.0 Å². The lowest BCUT2D eigenvalue weighted by Gasteiger charge is -2.33. The van der Waals surface area contributed by atoms with E-state index >= 15 is 0 Å². The van der Waals surface area contributed by atoms with Crippen LogP contribution in [0.5, 0.6) is 0 Å². The number of methoxy groups -OCH3 is 1. The van der Waals surface area contributed by atoms with Crippen molar-refractivity contribution in [3.63, 3.8) is 0 Å². The fourth-order valence-electron chi connectivity index (χ4n) is 2.49. The fourth-order valence-corrected chi connectivity index (χ4v) is 2.49. The Morgan fingerprint density at radius 3 is 2.95 bits per heavy atom. The molecule has 21 heavy (non-hydrogen) atoms. The summed E-state index contributed by atoms with van der Waals surface area (Å²) in [5.74, 6) is -1.67. The van der Waals surface area contributed by atoms with E-state index in [2.05, 4.69) is 5.32 Å². The summed E-state index contributed by atoms with van der Waals surface area (Å²) in [6, 6.07) is 3.79. The second kappa shape index (κ2) is 7.36. The van der Waals surface area contributed by atoms with Crippen LogP contribution >= 0.6 is 0 Å². The van der Waals surface area contributed by atoms with Crippen LogP contribution in [0.4, 0.5) is 14.5 Å². The second-order valence-corrected chi connectivity index (χ2v) is 5.19. The van der Waals surface area contributed by atoms with E-state index < -0.39 is 11.6 Å². The molecular weight excluding hydrogens is 278 g/mol. The van der Waals surface area contributed by atoms with Crippen LogP contribution in [-0.4, -0.2) is 43.7 Å². The van der Waals surface area contributed by atoms with Gasteiger partial charge in [0.05, 0.1) is 13.0 Å². The van der Waals surface area contributed by atoms with Crippen molar-refractivity contribution in [2.75, 3.05) is 32.1 Å². The number of rotatable bonds is 5. The highest BCUT2D eigenvalue weighted by Gasteiger charge is 2.23. The standard InChI is InChI=1S/C15H20F2N2O2/c1-21-8-6-15(20)19-7-2-3-12(10-19)18-11-4-5-13(16)14(17)9-11/h4-5,9,12,18H,2-3,6-8,10H2,1H3. The third kappa shape index (κ3) is 4.39. The number of nitrogens with zero attached hydrogens (tertiary/aromatic N) is 1. The summed E-state index contributed by atoms with van der Waals surface area (Å²) >= 11 is 0. The number of hydrogen-bond acceptors (Lipinski definition) is 3. The average Bonchev–Trinajstić information content (AvgIpc) is 2.49. The van der Waals surface area contributed by atoms with Gasteiger partial charge >= 0.3 is 0 Å². The van der Waals surface area contributed by atoms with Crippen molar-refractivity contribution >= 4 is 11.6 Å². The smallest absolute Gasteiger partial charge is 0.224 e. The number of nitrogens with one attached hydrogen (secondary N) is 1. The Balaban J connectivity index is 1.91. The minimum atomic E-state index is -0.871. The zero-order valence-corrected chi connectivity index (χ0v) is 12.1. The Morgan fingerprint density at radius 2 is 2.24 bits per heavy atom. The monoisotopic (exact) mass is 298 g/mol. The van der Waals surface area contributed by atoms with Gasteiger partial charge in [-0.2, -0.15) is 0 Å². The van der Waals surface area contributed by atoms with Gasteiger partial charge in [-0.05, 0) is 25.0 Å². The highest BCUT2D eigenvalue weighted by Crippen LogP contribution is 2.18. The Bertz CT molecular complexity index is 497. The van der Waals surface area contributed by atoms with E-state index in [0.717, 1.165) is 31.5 Å². The van der Waals surface area contributed by atoms with E-state index in [0.29, 0.717) is 25.3 Å². The lowest BCUT2D eigenvalue weighted by Crippen LogP contribution is -2.45. The molecule has 4 nitrogen and oxygen atoms in total. The minimum absolute atomic E-state index is 0.0510. The number of amides is 1. The van der Waals surface area contributed by atoms with Gasteiger partial charge in [0.25, 0.3) is 0 Å². The Labute approximate surface area is 123 Å². The number of piperidine rings is 1. The molecule has 1 aliphatic heterocycles. The van der Waals surface area contributed by atoms with Gasteiger partial charge in [-0.15, -0.1) is 0 Å². The lowest BCUT2D eigenvalue weighted by molar-refractivity contribution is -0.133. The van der Waals surface area contributed by atoms with E-state index in [1.807, 2.05) is 0 Å². The predicted octanol–water partition coefficient (Wildman–Crippen LogP) is 2.40. The zero-order chi connectivity index (χ0) is 15.2. The summed E-state index contributed by atoms with van der Waals surface area (Å²) in [6.45, 7) is 1.72. The lowest BCUT2D eigenvalue weighted by atomic mass is 10.0. The first-order valence-electron chi connectivity index (χ1n) is 7.08. The normalized spacial score (nSPS) is 18.6. The Kier molecular flexibility index (Phi) is 5.50.